The molecule has 1 aliphatic rings. The Labute approximate surface area is 109 Å². The molecule has 3 nitrogen and oxygen atoms in total. The summed E-state index contributed by atoms with van der Waals surface area (Å²) in [6.45, 7) is 7.02. The third kappa shape index (κ3) is 2.35. The van der Waals surface area contributed by atoms with E-state index in [1.807, 2.05) is 23.1 Å². The number of carbonyl (C=O) groups is 1. The summed E-state index contributed by atoms with van der Waals surface area (Å²) in [5.41, 5.74) is 1.04. The standard InChI is InChI=1S/C15H21NO2/c1-15(2,3)16-10-11(9-14(16)17)12-7-5-6-8-13(12)18-4/h5-8,11H,9-10H2,1-4H3. The molecule has 98 valence electrons. The summed E-state index contributed by atoms with van der Waals surface area (Å²) < 4.78 is 5.38. The van der Waals surface area contributed by atoms with E-state index in [-0.39, 0.29) is 17.4 Å². The fourth-order valence-corrected chi connectivity index (χ4v) is 2.57. The van der Waals surface area contributed by atoms with E-state index in [1.165, 1.54) is 0 Å². The van der Waals surface area contributed by atoms with E-state index in [4.69, 9.17) is 4.74 Å². The predicted molar refractivity (Wildman–Crippen MR) is 71.8 cm³/mol. The molecule has 1 unspecified atom stereocenters. The molecule has 1 aliphatic heterocycles. The van der Waals surface area contributed by atoms with Gasteiger partial charge in [-0.05, 0) is 32.4 Å². The first-order chi connectivity index (χ1) is 8.43. The SMILES string of the molecule is COc1ccccc1C1CC(=O)N(C(C)(C)C)C1. The first-order valence-electron chi connectivity index (χ1n) is 6.37. The van der Waals surface area contributed by atoms with Crippen molar-refractivity contribution in [3.8, 4) is 5.75 Å². The third-order valence-electron chi connectivity index (χ3n) is 3.51. The molecule has 1 atom stereocenters. The van der Waals surface area contributed by atoms with Gasteiger partial charge in [0.25, 0.3) is 0 Å². The Morgan fingerprint density at radius 2 is 1.94 bits per heavy atom. The highest BCUT2D eigenvalue weighted by Crippen LogP contribution is 2.36. The van der Waals surface area contributed by atoms with Crippen LogP contribution in [0.15, 0.2) is 24.3 Å². The highest BCUT2D eigenvalue weighted by molar-refractivity contribution is 5.80. The van der Waals surface area contributed by atoms with Gasteiger partial charge in [0, 0.05) is 24.4 Å². The highest BCUT2D eigenvalue weighted by atomic mass is 16.5. The van der Waals surface area contributed by atoms with E-state index in [9.17, 15) is 4.79 Å². The van der Waals surface area contributed by atoms with Gasteiger partial charge in [-0.2, -0.15) is 0 Å². The van der Waals surface area contributed by atoms with Gasteiger partial charge in [-0.15, -0.1) is 0 Å². The number of methoxy groups -OCH3 is 1. The van der Waals surface area contributed by atoms with Gasteiger partial charge in [0.15, 0.2) is 0 Å². The molecule has 0 N–H and O–H groups in total. The van der Waals surface area contributed by atoms with Gasteiger partial charge in [-0.1, -0.05) is 18.2 Å². The van der Waals surface area contributed by atoms with E-state index >= 15 is 0 Å². The lowest BCUT2D eigenvalue weighted by Crippen LogP contribution is -2.42. The minimum Gasteiger partial charge on any atom is -0.496 e. The van der Waals surface area contributed by atoms with Crippen molar-refractivity contribution in [2.45, 2.75) is 38.6 Å². The van der Waals surface area contributed by atoms with Crippen LogP contribution in [0.2, 0.25) is 0 Å². The second kappa shape index (κ2) is 4.63. The van der Waals surface area contributed by atoms with Crippen molar-refractivity contribution in [1.29, 1.82) is 0 Å². The van der Waals surface area contributed by atoms with Crippen molar-refractivity contribution in [1.82, 2.24) is 4.90 Å². The van der Waals surface area contributed by atoms with Gasteiger partial charge in [-0.25, -0.2) is 0 Å². The molecule has 1 aromatic carbocycles. The van der Waals surface area contributed by atoms with Crippen LogP contribution in [0.25, 0.3) is 0 Å². The Kier molecular flexibility index (Phi) is 3.33. The van der Waals surface area contributed by atoms with Crippen molar-refractivity contribution in [2.24, 2.45) is 0 Å². The average Bonchev–Trinajstić information content (AvgIpc) is 2.71. The molecule has 0 spiro atoms. The number of amides is 1. The predicted octanol–water partition coefficient (Wildman–Crippen LogP) is 2.81. The van der Waals surface area contributed by atoms with Gasteiger partial charge in [-0.3, -0.25) is 4.79 Å². The highest BCUT2D eigenvalue weighted by Gasteiger charge is 2.37. The number of rotatable bonds is 2. The second-order valence-electron chi connectivity index (χ2n) is 5.82. The second-order valence-corrected chi connectivity index (χ2v) is 5.82. The fraction of sp³-hybridized carbons (Fsp3) is 0.533. The van der Waals surface area contributed by atoms with E-state index in [0.717, 1.165) is 17.9 Å². The largest absolute Gasteiger partial charge is 0.496 e. The fourth-order valence-electron chi connectivity index (χ4n) is 2.57. The molecule has 0 radical (unpaired) electrons. The quantitative estimate of drug-likeness (QED) is 0.804. The number of hydrogen-bond donors (Lipinski definition) is 0. The maximum absolute atomic E-state index is 12.1. The molecular weight excluding hydrogens is 226 g/mol. The van der Waals surface area contributed by atoms with E-state index in [1.54, 1.807) is 7.11 Å². The molecule has 1 fully saturated rings. The van der Waals surface area contributed by atoms with Crippen molar-refractivity contribution in [3.63, 3.8) is 0 Å². The zero-order valence-corrected chi connectivity index (χ0v) is 11.6. The lowest BCUT2D eigenvalue weighted by atomic mass is 9.97. The molecular formula is C15H21NO2. The monoisotopic (exact) mass is 247 g/mol. The Balaban J connectivity index is 2.25. The van der Waals surface area contributed by atoms with Gasteiger partial charge in [0.1, 0.15) is 5.75 Å². The summed E-state index contributed by atoms with van der Waals surface area (Å²) >= 11 is 0. The van der Waals surface area contributed by atoms with Crippen LogP contribution >= 0.6 is 0 Å². The topological polar surface area (TPSA) is 29.5 Å². The normalized spacial score (nSPS) is 20.3. The van der Waals surface area contributed by atoms with Crippen LogP contribution in [-0.2, 0) is 4.79 Å². The molecule has 0 saturated carbocycles. The van der Waals surface area contributed by atoms with Gasteiger partial charge in [0.05, 0.1) is 7.11 Å². The number of para-hydroxylation sites is 1. The first-order valence-corrected chi connectivity index (χ1v) is 6.37. The first kappa shape index (κ1) is 12.9. The van der Waals surface area contributed by atoms with Gasteiger partial charge in [0.2, 0.25) is 5.91 Å². The van der Waals surface area contributed by atoms with Gasteiger partial charge >= 0.3 is 0 Å². The molecule has 18 heavy (non-hydrogen) atoms. The smallest absolute Gasteiger partial charge is 0.223 e. The molecule has 1 amide bonds. The number of carbonyl (C=O) groups excluding carboxylic acids is 1. The number of hydrogen-bond acceptors (Lipinski definition) is 2. The van der Waals surface area contributed by atoms with E-state index < -0.39 is 0 Å². The summed E-state index contributed by atoms with van der Waals surface area (Å²) in [6, 6.07) is 7.98. The summed E-state index contributed by atoms with van der Waals surface area (Å²) in [5.74, 6) is 1.36. The zero-order valence-electron chi connectivity index (χ0n) is 11.6. The zero-order chi connectivity index (χ0) is 13.3. The Morgan fingerprint density at radius 3 is 2.50 bits per heavy atom. The average molecular weight is 247 g/mol. The summed E-state index contributed by atoms with van der Waals surface area (Å²) in [5, 5.41) is 0. The molecule has 0 aromatic heterocycles. The van der Waals surface area contributed by atoms with Crippen molar-refractivity contribution < 1.29 is 9.53 Å². The molecule has 2 rings (SSSR count). The Bertz CT molecular complexity index is 448. The lowest BCUT2D eigenvalue weighted by molar-refractivity contribution is -0.131. The van der Waals surface area contributed by atoms with Crippen molar-refractivity contribution in [2.75, 3.05) is 13.7 Å². The van der Waals surface area contributed by atoms with Crippen molar-refractivity contribution >= 4 is 5.91 Å². The maximum Gasteiger partial charge on any atom is 0.223 e. The van der Waals surface area contributed by atoms with Crippen LogP contribution in [0.5, 0.6) is 5.75 Å². The maximum atomic E-state index is 12.1. The summed E-state index contributed by atoms with van der Waals surface area (Å²) in [4.78, 5) is 14.1. The number of nitrogens with zero attached hydrogens (tertiary/aromatic N) is 1. The van der Waals surface area contributed by atoms with Crippen molar-refractivity contribution in [3.05, 3.63) is 29.8 Å². The molecule has 1 saturated heterocycles. The Hall–Kier alpha value is -1.51. The van der Waals surface area contributed by atoms with Crippen LogP contribution in [0.4, 0.5) is 0 Å². The van der Waals surface area contributed by atoms with E-state index in [0.29, 0.717) is 6.42 Å². The molecule has 0 aliphatic carbocycles. The lowest BCUT2D eigenvalue weighted by Gasteiger charge is -2.32. The van der Waals surface area contributed by atoms with Gasteiger partial charge < -0.3 is 9.64 Å². The molecule has 0 bridgehead atoms. The third-order valence-corrected chi connectivity index (χ3v) is 3.51. The molecule has 3 heteroatoms. The number of benzene rings is 1. The van der Waals surface area contributed by atoms with Crippen LogP contribution in [0, 0.1) is 0 Å². The number of likely N-dealkylation sites (tertiary alicyclic amines) is 1. The number of ether oxygens (including phenoxy) is 1. The summed E-state index contributed by atoms with van der Waals surface area (Å²) in [6.07, 6.45) is 0.581. The minimum atomic E-state index is -0.103. The van der Waals surface area contributed by atoms with E-state index in [2.05, 4.69) is 26.8 Å². The van der Waals surface area contributed by atoms with Crippen LogP contribution in [0.1, 0.15) is 38.7 Å². The van der Waals surface area contributed by atoms with Crippen LogP contribution < -0.4 is 4.74 Å². The van der Waals surface area contributed by atoms with Crippen LogP contribution in [0.3, 0.4) is 0 Å². The van der Waals surface area contributed by atoms with Crippen LogP contribution in [-0.4, -0.2) is 30.0 Å². The minimum absolute atomic E-state index is 0.103. The Morgan fingerprint density at radius 1 is 1.28 bits per heavy atom. The molecule has 1 heterocycles. The molecule has 1 aromatic rings. The summed E-state index contributed by atoms with van der Waals surface area (Å²) in [7, 11) is 1.68.